The summed E-state index contributed by atoms with van der Waals surface area (Å²) in [7, 11) is 0. The van der Waals surface area contributed by atoms with Gasteiger partial charge in [-0.3, -0.25) is 0 Å². The molecule has 1 aliphatic rings. The minimum Gasteiger partial charge on any atom is -0.392 e. The van der Waals surface area contributed by atoms with E-state index in [2.05, 4.69) is 79.7 Å². The molecular formula is C32H33NO3S. The fraction of sp³-hybridized carbons (Fsp3) is 0.250. The Kier molecular flexibility index (Phi) is 8.39. The first kappa shape index (κ1) is 25.7. The standard InChI is InChI=1S/C32H33NO3S/c1-22-30(21-37-29-8-3-2-4-9-29)35-32(36-31(22)26-12-10-23(20-34)11-13-26)27-16-14-25(15-17-27)28-7-5-6-24(18-28)19-33/h2-18,22,30-32,34H,19-21,33H2,1H3. The van der Waals surface area contributed by atoms with Crippen molar-refractivity contribution in [3.05, 3.63) is 125 Å². The molecule has 4 nitrogen and oxygen atoms in total. The van der Waals surface area contributed by atoms with Crippen molar-refractivity contribution in [3.63, 3.8) is 0 Å². The molecule has 3 N–H and O–H groups in total. The summed E-state index contributed by atoms with van der Waals surface area (Å²) in [5, 5.41) is 9.48. The average Bonchev–Trinajstić information content (AvgIpc) is 2.97. The third-order valence-corrected chi connectivity index (χ3v) is 8.06. The molecule has 0 saturated carbocycles. The molecule has 5 rings (SSSR count). The molecule has 0 aromatic heterocycles. The van der Waals surface area contributed by atoms with E-state index in [0.29, 0.717) is 6.54 Å². The summed E-state index contributed by atoms with van der Waals surface area (Å²) >= 11 is 1.81. The zero-order chi connectivity index (χ0) is 25.6. The summed E-state index contributed by atoms with van der Waals surface area (Å²) in [5.74, 6) is 0.992. The van der Waals surface area contributed by atoms with Gasteiger partial charge in [0.1, 0.15) is 0 Å². The zero-order valence-electron chi connectivity index (χ0n) is 21.0. The highest BCUT2D eigenvalue weighted by molar-refractivity contribution is 7.99. The van der Waals surface area contributed by atoms with Gasteiger partial charge in [-0.05, 0) is 46.0 Å². The summed E-state index contributed by atoms with van der Waals surface area (Å²) in [4.78, 5) is 1.23. The Labute approximate surface area is 223 Å². The molecule has 37 heavy (non-hydrogen) atoms. The van der Waals surface area contributed by atoms with Gasteiger partial charge in [0.05, 0.1) is 18.8 Å². The topological polar surface area (TPSA) is 64.7 Å². The number of nitrogens with two attached hydrogens (primary N) is 1. The average molecular weight is 512 g/mol. The van der Waals surface area contributed by atoms with Crippen LogP contribution in [0.4, 0.5) is 0 Å². The number of hydrogen-bond donors (Lipinski definition) is 2. The second-order valence-corrected chi connectivity index (χ2v) is 10.6. The molecule has 0 radical (unpaired) electrons. The number of aliphatic hydroxyl groups is 1. The minimum atomic E-state index is -0.468. The van der Waals surface area contributed by atoms with Crippen molar-refractivity contribution >= 4 is 11.8 Å². The highest BCUT2D eigenvalue weighted by Crippen LogP contribution is 2.43. The van der Waals surface area contributed by atoms with E-state index in [0.717, 1.165) is 39.1 Å². The molecule has 1 aliphatic heterocycles. The van der Waals surface area contributed by atoms with Crippen LogP contribution in [0.2, 0.25) is 0 Å². The normalized spacial score (nSPS) is 21.6. The van der Waals surface area contributed by atoms with Gasteiger partial charge in [0.2, 0.25) is 0 Å². The van der Waals surface area contributed by atoms with E-state index in [1.807, 2.05) is 42.1 Å². The van der Waals surface area contributed by atoms with Crippen LogP contribution in [-0.2, 0) is 22.6 Å². The molecule has 0 amide bonds. The number of ether oxygens (including phenoxy) is 2. The number of hydrogen-bond acceptors (Lipinski definition) is 5. The number of aliphatic hydroxyl groups excluding tert-OH is 1. The molecule has 0 spiro atoms. The zero-order valence-corrected chi connectivity index (χ0v) is 21.8. The third-order valence-electron chi connectivity index (χ3n) is 6.96. The van der Waals surface area contributed by atoms with Crippen molar-refractivity contribution in [2.24, 2.45) is 11.7 Å². The second-order valence-electron chi connectivity index (χ2n) is 9.47. The molecule has 1 heterocycles. The van der Waals surface area contributed by atoms with Crippen LogP contribution in [0.5, 0.6) is 0 Å². The van der Waals surface area contributed by atoms with E-state index >= 15 is 0 Å². The van der Waals surface area contributed by atoms with Crippen LogP contribution < -0.4 is 5.73 Å². The SMILES string of the molecule is CC1C(CSc2ccccc2)OC(c2ccc(-c3cccc(CN)c3)cc2)OC1c1ccc(CO)cc1. The van der Waals surface area contributed by atoms with E-state index < -0.39 is 6.29 Å². The van der Waals surface area contributed by atoms with Crippen molar-refractivity contribution in [2.45, 2.75) is 43.5 Å². The van der Waals surface area contributed by atoms with Gasteiger partial charge in [0.15, 0.2) is 6.29 Å². The summed E-state index contributed by atoms with van der Waals surface area (Å²) in [6, 6.07) is 35.2. The lowest BCUT2D eigenvalue weighted by Crippen LogP contribution is -2.38. The Morgan fingerprint density at radius 1 is 0.757 bits per heavy atom. The number of benzene rings is 4. The summed E-state index contributed by atoms with van der Waals surface area (Å²) in [6.45, 7) is 2.76. The predicted molar refractivity (Wildman–Crippen MR) is 150 cm³/mol. The van der Waals surface area contributed by atoms with E-state index in [1.165, 1.54) is 4.90 Å². The van der Waals surface area contributed by atoms with Crippen molar-refractivity contribution in [2.75, 3.05) is 5.75 Å². The Bertz CT molecular complexity index is 1280. The molecule has 1 saturated heterocycles. The fourth-order valence-corrected chi connectivity index (χ4v) is 5.80. The van der Waals surface area contributed by atoms with Crippen molar-refractivity contribution in [3.8, 4) is 11.1 Å². The van der Waals surface area contributed by atoms with Crippen LogP contribution in [0.1, 0.15) is 41.6 Å². The monoisotopic (exact) mass is 511 g/mol. The number of rotatable bonds is 8. The molecule has 4 aromatic rings. The maximum Gasteiger partial charge on any atom is 0.184 e. The Hall–Kier alpha value is -2.93. The highest BCUT2D eigenvalue weighted by atomic mass is 32.2. The Morgan fingerprint density at radius 2 is 1.49 bits per heavy atom. The van der Waals surface area contributed by atoms with Gasteiger partial charge in [0.25, 0.3) is 0 Å². The summed E-state index contributed by atoms with van der Waals surface area (Å²) in [6.07, 6.45) is -0.578. The maximum absolute atomic E-state index is 9.48. The lowest BCUT2D eigenvalue weighted by molar-refractivity contribution is -0.268. The van der Waals surface area contributed by atoms with Crippen molar-refractivity contribution in [1.82, 2.24) is 0 Å². The minimum absolute atomic E-state index is 0.00684. The molecule has 4 unspecified atom stereocenters. The summed E-state index contributed by atoms with van der Waals surface area (Å²) < 4.78 is 13.2. The first-order chi connectivity index (χ1) is 18.1. The Morgan fingerprint density at radius 3 is 2.19 bits per heavy atom. The van der Waals surface area contributed by atoms with Gasteiger partial charge in [-0.25, -0.2) is 0 Å². The lowest BCUT2D eigenvalue weighted by Gasteiger charge is -2.41. The van der Waals surface area contributed by atoms with Gasteiger partial charge in [-0.1, -0.05) is 91.9 Å². The van der Waals surface area contributed by atoms with E-state index in [-0.39, 0.29) is 24.7 Å². The van der Waals surface area contributed by atoms with Crippen LogP contribution in [0.25, 0.3) is 11.1 Å². The second kappa shape index (κ2) is 12.1. The van der Waals surface area contributed by atoms with Crippen molar-refractivity contribution in [1.29, 1.82) is 0 Å². The van der Waals surface area contributed by atoms with Crippen LogP contribution in [0.15, 0.2) is 108 Å². The molecule has 0 aliphatic carbocycles. The first-order valence-electron chi connectivity index (χ1n) is 12.7. The van der Waals surface area contributed by atoms with Gasteiger partial charge in [-0.2, -0.15) is 0 Å². The largest absolute Gasteiger partial charge is 0.392 e. The first-order valence-corrected chi connectivity index (χ1v) is 13.7. The molecule has 4 atom stereocenters. The van der Waals surface area contributed by atoms with Gasteiger partial charge >= 0.3 is 0 Å². The third kappa shape index (κ3) is 6.15. The van der Waals surface area contributed by atoms with Gasteiger partial charge < -0.3 is 20.3 Å². The quantitative estimate of drug-likeness (QED) is 0.252. The number of thioether (sulfide) groups is 1. The van der Waals surface area contributed by atoms with Crippen LogP contribution >= 0.6 is 11.8 Å². The molecule has 5 heteroatoms. The predicted octanol–water partition coefficient (Wildman–Crippen LogP) is 6.89. The van der Waals surface area contributed by atoms with E-state index in [1.54, 1.807) is 0 Å². The smallest absolute Gasteiger partial charge is 0.184 e. The maximum atomic E-state index is 9.48. The van der Waals surface area contributed by atoms with Crippen LogP contribution in [-0.4, -0.2) is 17.0 Å². The van der Waals surface area contributed by atoms with Crippen molar-refractivity contribution < 1.29 is 14.6 Å². The molecule has 4 aromatic carbocycles. The molecule has 190 valence electrons. The van der Waals surface area contributed by atoms with Gasteiger partial charge in [0, 0.05) is 28.7 Å². The Balaban J connectivity index is 1.39. The molecule has 1 fully saturated rings. The molecule has 0 bridgehead atoms. The highest BCUT2D eigenvalue weighted by Gasteiger charge is 2.38. The van der Waals surface area contributed by atoms with Crippen LogP contribution in [0, 0.1) is 5.92 Å². The lowest BCUT2D eigenvalue weighted by atomic mass is 9.91. The van der Waals surface area contributed by atoms with E-state index in [9.17, 15) is 5.11 Å². The van der Waals surface area contributed by atoms with Gasteiger partial charge in [-0.15, -0.1) is 11.8 Å². The summed E-state index contributed by atoms with van der Waals surface area (Å²) in [5.41, 5.74) is 12.2. The van der Waals surface area contributed by atoms with E-state index in [4.69, 9.17) is 15.2 Å². The van der Waals surface area contributed by atoms with Crippen LogP contribution in [0.3, 0.4) is 0 Å². The fourth-order valence-electron chi connectivity index (χ4n) is 4.72. The molecular weight excluding hydrogens is 478 g/mol.